The van der Waals surface area contributed by atoms with Crippen LogP contribution in [-0.2, 0) is 16.0 Å². The second kappa shape index (κ2) is 6.71. The molecule has 0 radical (unpaired) electrons. The highest BCUT2D eigenvalue weighted by Gasteiger charge is 2.18. The molecule has 2 rings (SSSR count). The molecule has 1 aromatic carbocycles. The number of piperidine rings is 1. The summed E-state index contributed by atoms with van der Waals surface area (Å²) in [5, 5.41) is 0. The van der Waals surface area contributed by atoms with Crippen molar-refractivity contribution in [2.75, 3.05) is 27.2 Å². The first-order valence-corrected chi connectivity index (χ1v) is 7.03. The van der Waals surface area contributed by atoms with Crippen LogP contribution < -0.4 is 0 Å². The van der Waals surface area contributed by atoms with Crippen molar-refractivity contribution >= 4 is 5.97 Å². The third-order valence-electron chi connectivity index (χ3n) is 3.99. The van der Waals surface area contributed by atoms with E-state index in [4.69, 9.17) is 0 Å². The fourth-order valence-corrected chi connectivity index (χ4v) is 2.69. The Labute approximate surface area is 115 Å². The first-order valence-electron chi connectivity index (χ1n) is 7.03. The minimum absolute atomic E-state index is 0.135. The Morgan fingerprint density at radius 3 is 2.79 bits per heavy atom. The molecule has 0 aromatic heterocycles. The highest BCUT2D eigenvalue weighted by atomic mass is 16.5. The number of ether oxygens (including phenoxy) is 1. The molecule has 3 nitrogen and oxygen atoms in total. The van der Waals surface area contributed by atoms with Crippen molar-refractivity contribution in [2.45, 2.75) is 31.6 Å². The minimum atomic E-state index is -0.135. The summed E-state index contributed by atoms with van der Waals surface area (Å²) in [5.74, 6) is 0.541. The lowest BCUT2D eigenvalue weighted by molar-refractivity contribution is -0.140. The van der Waals surface area contributed by atoms with Crippen LogP contribution in [0.1, 0.15) is 36.3 Å². The van der Waals surface area contributed by atoms with E-state index in [1.807, 2.05) is 0 Å². The summed E-state index contributed by atoms with van der Waals surface area (Å²) in [6.07, 6.45) is 3.70. The van der Waals surface area contributed by atoms with Gasteiger partial charge in [-0.1, -0.05) is 24.3 Å². The van der Waals surface area contributed by atoms with Gasteiger partial charge in [0.15, 0.2) is 0 Å². The lowest BCUT2D eigenvalue weighted by atomic mass is 9.88. The van der Waals surface area contributed by atoms with Gasteiger partial charge >= 0.3 is 5.97 Å². The number of nitrogens with zero attached hydrogens (tertiary/aromatic N) is 1. The molecule has 104 valence electrons. The first kappa shape index (κ1) is 14.1. The van der Waals surface area contributed by atoms with Crippen molar-refractivity contribution in [3.8, 4) is 0 Å². The molecule has 1 saturated heterocycles. The van der Waals surface area contributed by atoms with Gasteiger partial charge in [-0.3, -0.25) is 4.79 Å². The van der Waals surface area contributed by atoms with E-state index >= 15 is 0 Å². The Morgan fingerprint density at radius 1 is 1.37 bits per heavy atom. The molecule has 0 saturated carbocycles. The number of carbonyl (C=O) groups is 1. The van der Waals surface area contributed by atoms with Crippen LogP contribution in [0.4, 0.5) is 0 Å². The predicted molar refractivity (Wildman–Crippen MR) is 76.3 cm³/mol. The standard InChI is InChI=1S/C16H23NO2/c1-17-10-8-14(9-11-17)15-5-3-4-13(12-15)6-7-16(18)19-2/h3-5,12,14H,6-11H2,1-2H3. The van der Waals surface area contributed by atoms with Gasteiger partial charge in [0.1, 0.15) is 0 Å². The normalized spacial score (nSPS) is 17.4. The van der Waals surface area contributed by atoms with Gasteiger partial charge in [0, 0.05) is 6.42 Å². The summed E-state index contributed by atoms with van der Waals surface area (Å²) >= 11 is 0. The SMILES string of the molecule is COC(=O)CCc1cccc(C2CCN(C)CC2)c1. The van der Waals surface area contributed by atoms with Gasteiger partial charge in [0.25, 0.3) is 0 Å². The summed E-state index contributed by atoms with van der Waals surface area (Å²) in [6, 6.07) is 8.69. The number of likely N-dealkylation sites (tertiary alicyclic amines) is 1. The zero-order valence-corrected chi connectivity index (χ0v) is 11.9. The van der Waals surface area contributed by atoms with E-state index in [9.17, 15) is 4.79 Å². The zero-order valence-electron chi connectivity index (χ0n) is 11.9. The molecule has 19 heavy (non-hydrogen) atoms. The van der Waals surface area contributed by atoms with Gasteiger partial charge < -0.3 is 9.64 Å². The van der Waals surface area contributed by atoms with E-state index in [0.29, 0.717) is 12.3 Å². The Kier molecular flexibility index (Phi) is 4.97. The van der Waals surface area contributed by atoms with Crippen LogP contribution in [-0.4, -0.2) is 38.1 Å². The molecule has 0 N–H and O–H groups in total. The van der Waals surface area contributed by atoms with E-state index in [2.05, 4.69) is 40.9 Å². The lowest BCUT2D eigenvalue weighted by Crippen LogP contribution is -2.29. The molecule has 0 bridgehead atoms. The molecule has 1 heterocycles. The Bertz CT molecular complexity index is 423. The van der Waals surface area contributed by atoms with E-state index < -0.39 is 0 Å². The number of hydrogen-bond donors (Lipinski definition) is 0. The van der Waals surface area contributed by atoms with Gasteiger partial charge in [0.2, 0.25) is 0 Å². The predicted octanol–water partition coefficient (Wildman–Crippen LogP) is 2.60. The smallest absolute Gasteiger partial charge is 0.305 e. The van der Waals surface area contributed by atoms with Crippen molar-refractivity contribution in [3.63, 3.8) is 0 Å². The third-order valence-corrected chi connectivity index (χ3v) is 3.99. The monoisotopic (exact) mass is 261 g/mol. The highest BCUT2D eigenvalue weighted by Crippen LogP contribution is 2.28. The topological polar surface area (TPSA) is 29.5 Å². The summed E-state index contributed by atoms with van der Waals surface area (Å²) in [4.78, 5) is 13.6. The van der Waals surface area contributed by atoms with Crippen molar-refractivity contribution in [1.29, 1.82) is 0 Å². The van der Waals surface area contributed by atoms with Gasteiger partial charge in [-0.15, -0.1) is 0 Å². The van der Waals surface area contributed by atoms with E-state index in [-0.39, 0.29) is 5.97 Å². The maximum absolute atomic E-state index is 11.2. The van der Waals surface area contributed by atoms with Crippen LogP contribution in [0.15, 0.2) is 24.3 Å². The van der Waals surface area contributed by atoms with Gasteiger partial charge in [-0.05, 0) is 56.4 Å². The van der Waals surface area contributed by atoms with Crippen molar-refractivity contribution in [2.24, 2.45) is 0 Å². The number of aryl methyl sites for hydroxylation is 1. The molecule has 0 aliphatic carbocycles. The average molecular weight is 261 g/mol. The third kappa shape index (κ3) is 4.06. The van der Waals surface area contributed by atoms with Gasteiger partial charge in [0.05, 0.1) is 7.11 Å². The van der Waals surface area contributed by atoms with Crippen molar-refractivity contribution in [3.05, 3.63) is 35.4 Å². The number of hydrogen-bond acceptors (Lipinski definition) is 3. The van der Waals surface area contributed by atoms with Gasteiger partial charge in [-0.2, -0.15) is 0 Å². The van der Waals surface area contributed by atoms with E-state index in [1.54, 1.807) is 0 Å². The minimum Gasteiger partial charge on any atom is -0.469 e. The van der Waals surface area contributed by atoms with Crippen LogP contribution in [0, 0.1) is 0 Å². The number of benzene rings is 1. The molecular formula is C16H23NO2. The molecular weight excluding hydrogens is 238 g/mol. The van der Waals surface area contributed by atoms with Crippen molar-refractivity contribution in [1.82, 2.24) is 4.90 Å². The number of rotatable bonds is 4. The van der Waals surface area contributed by atoms with E-state index in [0.717, 1.165) is 6.42 Å². The maximum Gasteiger partial charge on any atom is 0.305 e. The zero-order chi connectivity index (χ0) is 13.7. The molecule has 0 atom stereocenters. The largest absolute Gasteiger partial charge is 0.469 e. The number of carbonyl (C=O) groups excluding carboxylic acids is 1. The summed E-state index contributed by atoms with van der Waals surface area (Å²) < 4.78 is 4.69. The Balaban J connectivity index is 1.96. The molecule has 0 amide bonds. The molecule has 1 fully saturated rings. The second-order valence-electron chi connectivity index (χ2n) is 5.40. The molecule has 0 unspecified atom stereocenters. The number of esters is 1. The fourth-order valence-electron chi connectivity index (χ4n) is 2.69. The molecule has 1 aliphatic rings. The van der Waals surface area contributed by atoms with Crippen LogP contribution in [0.3, 0.4) is 0 Å². The Hall–Kier alpha value is -1.35. The van der Waals surface area contributed by atoms with Gasteiger partial charge in [-0.25, -0.2) is 0 Å². The highest BCUT2D eigenvalue weighted by molar-refractivity contribution is 5.69. The van der Waals surface area contributed by atoms with Crippen LogP contribution in [0.25, 0.3) is 0 Å². The molecule has 1 aromatic rings. The quantitative estimate of drug-likeness (QED) is 0.780. The lowest BCUT2D eigenvalue weighted by Gasteiger charge is -2.29. The van der Waals surface area contributed by atoms with Crippen LogP contribution in [0.5, 0.6) is 0 Å². The molecule has 1 aliphatic heterocycles. The Morgan fingerprint density at radius 2 is 2.11 bits per heavy atom. The second-order valence-corrected chi connectivity index (χ2v) is 5.40. The molecule has 0 spiro atoms. The summed E-state index contributed by atoms with van der Waals surface area (Å²) in [7, 11) is 3.63. The number of methoxy groups -OCH3 is 1. The van der Waals surface area contributed by atoms with Crippen molar-refractivity contribution < 1.29 is 9.53 Å². The van der Waals surface area contributed by atoms with Crippen LogP contribution >= 0.6 is 0 Å². The maximum atomic E-state index is 11.2. The first-order chi connectivity index (χ1) is 9.19. The average Bonchev–Trinajstić information content (AvgIpc) is 2.46. The molecule has 3 heteroatoms. The van der Waals surface area contributed by atoms with E-state index in [1.165, 1.54) is 44.2 Å². The summed E-state index contributed by atoms with van der Waals surface area (Å²) in [5.41, 5.74) is 2.66. The van der Waals surface area contributed by atoms with Crippen LogP contribution in [0.2, 0.25) is 0 Å². The fraction of sp³-hybridized carbons (Fsp3) is 0.562. The summed E-state index contributed by atoms with van der Waals surface area (Å²) in [6.45, 7) is 2.36.